The van der Waals surface area contributed by atoms with Crippen LogP contribution in [-0.4, -0.2) is 42.6 Å². The molecule has 0 aromatic heterocycles. The summed E-state index contributed by atoms with van der Waals surface area (Å²) in [7, 11) is 0. The van der Waals surface area contributed by atoms with E-state index < -0.39 is 0 Å². The molecule has 2 unspecified atom stereocenters. The maximum absolute atomic E-state index is 5.89. The quantitative estimate of drug-likeness (QED) is 0.465. The Morgan fingerprint density at radius 2 is 1.72 bits per heavy atom. The van der Waals surface area contributed by atoms with Gasteiger partial charge in [-0.2, -0.15) is 0 Å². The van der Waals surface area contributed by atoms with Crippen LogP contribution in [0.4, 0.5) is 0 Å². The van der Waals surface area contributed by atoms with Crippen LogP contribution in [0.5, 0.6) is 0 Å². The minimum absolute atomic E-state index is 0.236. The summed E-state index contributed by atoms with van der Waals surface area (Å²) in [5.74, 6) is 0.623. The Balaban J connectivity index is 2.00. The van der Waals surface area contributed by atoms with Gasteiger partial charge in [0.2, 0.25) is 0 Å². The molecule has 0 saturated carbocycles. The van der Waals surface area contributed by atoms with Crippen LogP contribution >= 0.6 is 11.6 Å². The van der Waals surface area contributed by atoms with Crippen molar-refractivity contribution in [3.63, 3.8) is 0 Å². The normalized spacial score (nSPS) is 25.5. The minimum atomic E-state index is 0.236. The maximum Gasteiger partial charge on any atom is 0.0841 e. The second-order valence-electron chi connectivity index (χ2n) is 5.60. The fourth-order valence-electron chi connectivity index (χ4n) is 2.70. The molecule has 3 heteroatoms. The minimum Gasteiger partial charge on any atom is -0.371 e. The van der Waals surface area contributed by atoms with Crippen molar-refractivity contribution in [1.82, 2.24) is 4.90 Å². The van der Waals surface area contributed by atoms with E-state index in [1.54, 1.807) is 0 Å². The lowest BCUT2D eigenvalue weighted by molar-refractivity contribution is -0.0665. The van der Waals surface area contributed by atoms with Crippen LogP contribution in [0.15, 0.2) is 0 Å². The van der Waals surface area contributed by atoms with Crippen LogP contribution in [0.3, 0.4) is 0 Å². The van der Waals surface area contributed by atoms with Crippen molar-refractivity contribution in [3.8, 4) is 0 Å². The summed E-state index contributed by atoms with van der Waals surface area (Å²) < 4.78 is 5.76. The summed E-state index contributed by atoms with van der Waals surface area (Å²) in [6.45, 7) is 7.73. The van der Waals surface area contributed by atoms with E-state index in [0.717, 1.165) is 13.1 Å². The molecule has 0 aromatic rings. The van der Waals surface area contributed by atoms with Crippen LogP contribution < -0.4 is 0 Å². The summed E-state index contributed by atoms with van der Waals surface area (Å²) >= 11 is 5.89. The molecule has 1 aliphatic heterocycles. The average molecular weight is 276 g/mol. The zero-order valence-electron chi connectivity index (χ0n) is 12.2. The molecule has 1 fully saturated rings. The molecule has 1 rings (SSSR count). The van der Waals surface area contributed by atoms with Crippen molar-refractivity contribution < 1.29 is 4.74 Å². The molecule has 1 aliphatic rings. The first-order valence-corrected chi connectivity index (χ1v) is 8.23. The van der Waals surface area contributed by atoms with Gasteiger partial charge >= 0.3 is 0 Å². The summed E-state index contributed by atoms with van der Waals surface area (Å²) in [5, 5.41) is 0. The third-order valence-electron chi connectivity index (χ3n) is 3.65. The summed E-state index contributed by atoms with van der Waals surface area (Å²) in [4.78, 5) is 2.52. The highest BCUT2D eigenvalue weighted by Crippen LogP contribution is 2.14. The van der Waals surface area contributed by atoms with Crippen LogP contribution in [0.25, 0.3) is 0 Å². The largest absolute Gasteiger partial charge is 0.371 e. The van der Waals surface area contributed by atoms with E-state index in [-0.39, 0.29) is 6.10 Å². The van der Waals surface area contributed by atoms with Crippen molar-refractivity contribution in [3.05, 3.63) is 0 Å². The van der Waals surface area contributed by atoms with Gasteiger partial charge in [0.1, 0.15) is 0 Å². The molecule has 2 atom stereocenters. The summed E-state index contributed by atoms with van der Waals surface area (Å²) in [6, 6.07) is 0. The number of rotatable bonds is 9. The van der Waals surface area contributed by atoms with Crippen LogP contribution in [-0.2, 0) is 4.74 Å². The number of unbranched alkanes of at least 4 members (excludes halogenated alkanes) is 6. The molecular formula is C15H30ClNO. The van der Waals surface area contributed by atoms with Gasteiger partial charge < -0.3 is 4.74 Å². The molecule has 0 N–H and O–H groups in total. The average Bonchev–Trinajstić information content (AvgIpc) is 2.37. The van der Waals surface area contributed by atoms with Gasteiger partial charge in [-0.05, 0) is 19.9 Å². The molecule has 1 heterocycles. The molecule has 0 aromatic carbocycles. The predicted molar refractivity (Wildman–Crippen MR) is 79.5 cm³/mol. The number of alkyl halides is 1. The predicted octanol–water partition coefficient (Wildman–Crippen LogP) is 4.07. The van der Waals surface area contributed by atoms with E-state index in [4.69, 9.17) is 16.3 Å². The Kier molecular flexibility index (Phi) is 9.08. The molecule has 2 nitrogen and oxygen atoms in total. The van der Waals surface area contributed by atoms with Crippen molar-refractivity contribution in [2.75, 3.05) is 25.5 Å². The molecule has 0 radical (unpaired) electrons. The Hall–Kier alpha value is 0.210. The standard InChI is InChI=1S/C15H30ClNO/c1-3-4-5-6-7-8-9-10-17-12-14(2)18-15(11-16)13-17/h14-15H,3-13H2,1-2H3. The third kappa shape index (κ3) is 6.96. The van der Waals surface area contributed by atoms with Crippen molar-refractivity contribution in [2.24, 2.45) is 0 Å². The Bertz CT molecular complexity index is 201. The van der Waals surface area contributed by atoms with Gasteiger partial charge in [0.25, 0.3) is 0 Å². The van der Waals surface area contributed by atoms with Gasteiger partial charge in [-0.3, -0.25) is 4.90 Å². The lowest BCUT2D eigenvalue weighted by atomic mass is 10.1. The maximum atomic E-state index is 5.89. The number of nitrogens with zero attached hydrogens (tertiary/aromatic N) is 1. The third-order valence-corrected chi connectivity index (χ3v) is 4.00. The zero-order chi connectivity index (χ0) is 13.2. The van der Waals surface area contributed by atoms with Crippen LogP contribution in [0, 0.1) is 0 Å². The lowest BCUT2D eigenvalue weighted by Gasteiger charge is -2.36. The number of hydrogen-bond donors (Lipinski definition) is 0. The fraction of sp³-hybridized carbons (Fsp3) is 1.00. The van der Waals surface area contributed by atoms with Gasteiger partial charge in [-0.1, -0.05) is 45.4 Å². The highest BCUT2D eigenvalue weighted by Gasteiger charge is 2.23. The molecule has 0 amide bonds. The Labute approximate surface area is 118 Å². The fourth-order valence-corrected chi connectivity index (χ4v) is 2.87. The van der Waals surface area contributed by atoms with E-state index >= 15 is 0 Å². The highest BCUT2D eigenvalue weighted by atomic mass is 35.5. The summed E-state index contributed by atoms with van der Waals surface area (Å²) in [6.07, 6.45) is 10.3. The molecular weight excluding hydrogens is 246 g/mol. The summed E-state index contributed by atoms with van der Waals surface area (Å²) in [5.41, 5.74) is 0. The van der Waals surface area contributed by atoms with E-state index in [9.17, 15) is 0 Å². The second kappa shape index (κ2) is 10.1. The van der Waals surface area contributed by atoms with Gasteiger partial charge in [0.05, 0.1) is 12.2 Å². The number of ether oxygens (including phenoxy) is 1. The zero-order valence-corrected chi connectivity index (χ0v) is 12.9. The van der Waals surface area contributed by atoms with Crippen LogP contribution in [0.1, 0.15) is 58.8 Å². The number of hydrogen-bond acceptors (Lipinski definition) is 2. The SMILES string of the molecule is CCCCCCCCCN1CC(C)OC(CCl)C1. The molecule has 18 heavy (non-hydrogen) atoms. The van der Waals surface area contributed by atoms with E-state index in [0.29, 0.717) is 12.0 Å². The van der Waals surface area contributed by atoms with Crippen molar-refractivity contribution in [2.45, 2.75) is 71.0 Å². The van der Waals surface area contributed by atoms with E-state index in [2.05, 4.69) is 18.7 Å². The first-order chi connectivity index (χ1) is 8.76. The number of morpholine rings is 1. The van der Waals surface area contributed by atoms with Gasteiger partial charge in [0.15, 0.2) is 0 Å². The lowest BCUT2D eigenvalue weighted by Crippen LogP contribution is -2.47. The van der Waals surface area contributed by atoms with Crippen molar-refractivity contribution in [1.29, 1.82) is 0 Å². The molecule has 0 bridgehead atoms. The topological polar surface area (TPSA) is 12.5 Å². The van der Waals surface area contributed by atoms with Gasteiger partial charge in [-0.15, -0.1) is 11.6 Å². The monoisotopic (exact) mass is 275 g/mol. The smallest absolute Gasteiger partial charge is 0.0841 e. The van der Waals surface area contributed by atoms with Gasteiger partial charge in [-0.25, -0.2) is 0 Å². The van der Waals surface area contributed by atoms with Crippen molar-refractivity contribution >= 4 is 11.6 Å². The molecule has 1 saturated heterocycles. The second-order valence-corrected chi connectivity index (χ2v) is 5.91. The Morgan fingerprint density at radius 1 is 1.06 bits per heavy atom. The van der Waals surface area contributed by atoms with Crippen LogP contribution in [0.2, 0.25) is 0 Å². The Morgan fingerprint density at radius 3 is 2.39 bits per heavy atom. The van der Waals surface area contributed by atoms with Gasteiger partial charge in [0, 0.05) is 19.0 Å². The van der Waals surface area contributed by atoms with E-state index in [1.165, 1.54) is 51.5 Å². The highest BCUT2D eigenvalue weighted by molar-refractivity contribution is 6.18. The molecule has 0 spiro atoms. The first-order valence-electron chi connectivity index (χ1n) is 7.70. The molecule has 108 valence electrons. The van der Waals surface area contributed by atoms with E-state index in [1.807, 2.05) is 0 Å². The molecule has 0 aliphatic carbocycles. The first kappa shape index (κ1) is 16.3. The number of halogens is 1.